The highest BCUT2D eigenvalue weighted by Crippen LogP contribution is 2.44. The molecule has 0 radical (unpaired) electrons. The van der Waals surface area contributed by atoms with Crippen LogP contribution in [0.1, 0.15) is 54.2 Å². The fourth-order valence-electron chi connectivity index (χ4n) is 6.12. The standard InChI is InChI=1S/C28H33ClN4O3/c1-2-26(34)32-9-4-21(5-10-32)33-15-20(16-33)19-13-24(29)27-25(14-19)31-28-23(17-36-27)22(3-8-30-28)18-6-11-35-12-7-18/h2-3,8,13-14,18,20-21H,1,4-7,9-12,15-17H2,(H,30,31). The van der Waals surface area contributed by atoms with Gasteiger partial charge in [0.15, 0.2) is 5.75 Å². The van der Waals surface area contributed by atoms with Crippen LogP contribution < -0.4 is 10.1 Å². The lowest BCUT2D eigenvalue weighted by Crippen LogP contribution is -2.54. The minimum atomic E-state index is 0.0419. The van der Waals surface area contributed by atoms with Crippen LogP contribution in [0, 0.1) is 0 Å². The van der Waals surface area contributed by atoms with Crippen LogP contribution in [0.2, 0.25) is 5.02 Å². The van der Waals surface area contributed by atoms with Gasteiger partial charge in [-0.3, -0.25) is 9.69 Å². The third-order valence-corrected chi connectivity index (χ3v) is 8.56. The molecule has 3 saturated heterocycles. The van der Waals surface area contributed by atoms with Crippen molar-refractivity contribution in [1.82, 2.24) is 14.8 Å². The van der Waals surface area contributed by atoms with Crippen molar-refractivity contribution in [2.75, 3.05) is 44.7 Å². The Kier molecular flexibility index (Phi) is 6.63. The average Bonchev–Trinajstić information content (AvgIpc) is 3.08. The topological polar surface area (TPSA) is 66.9 Å². The summed E-state index contributed by atoms with van der Waals surface area (Å²) >= 11 is 6.76. The number of carbonyl (C=O) groups excluding carboxylic acids is 1. The first-order valence-electron chi connectivity index (χ1n) is 13.0. The Bertz CT molecular complexity index is 1150. The van der Waals surface area contributed by atoms with Crippen LogP contribution >= 0.6 is 11.6 Å². The number of ether oxygens (including phenoxy) is 2. The largest absolute Gasteiger partial charge is 0.485 e. The van der Waals surface area contributed by atoms with Crippen molar-refractivity contribution in [1.29, 1.82) is 0 Å². The van der Waals surface area contributed by atoms with Crippen LogP contribution in [0.5, 0.6) is 5.75 Å². The molecule has 190 valence electrons. The second-order valence-electron chi connectivity index (χ2n) is 10.3. The van der Waals surface area contributed by atoms with Gasteiger partial charge in [-0.1, -0.05) is 18.2 Å². The molecule has 0 atom stereocenters. The first-order valence-corrected chi connectivity index (χ1v) is 13.4. The molecule has 5 heterocycles. The Balaban J connectivity index is 1.15. The number of hydrogen-bond donors (Lipinski definition) is 1. The van der Waals surface area contributed by atoms with Crippen molar-refractivity contribution in [2.24, 2.45) is 0 Å². The van der Waals surface area contributed by atoms with E-state index in [1.807, 2.05) is 11.1 Å². The summed E-state index contributed by atoms with van der Waals surface area (Å²) in [5.41, 5.74) is 4.54. The van der Waals surface area contributed by atoms with Gasteiger partial charge in [-0.25, -0.2) is 4.98 Å². The van der Waals surface area contributed by atoms with Crippen molar-refractivity contribution < 1.29 is 14.3 Å². The van der Waals surface area contributed by atoms with Crippen molar-refractivity contribution >= 4 is 29.0 Å². The van der Waals surface area contributed by atoms with E-state index in [4.69, 9.17) is 21.1 Å². The van der Waals surface area contributed by atoms with Crippen molar-refractivity contribution in [3.8, 4) is 5.75 Å². The number of hydrogen-bond acceptors (Lipinski definition) is 6. The van der Waals surface area contributed by atoms with Gasteiger partial charge >= 0.3 is 0 Å². The molecule has 2 aromatic rings. The summed E-state index contributed by atoms with van der Waals surface area (Å²) in [6.45, 7) is 9.31. The molecular weight excluding hydrogens is 476 g/mol. The SMILES string of the molecule is C=CC(=O)N1CCC(N2CC(c3cc(Cl)c4c(c3)Nc3nccc(C5CCOCC5)c3CO4)C2)CC1. The van der Waals surface area contributed by atoms with Crippen molar-refractivity contribution in [3.05, 3.63) is 58.8 Å². The molecule has 3 fully saturated rings. The molecule has 0 saturated carbocycles. The minimum Gasteiger partial charge on any atom is -0.485 e. The van der Waals surface area contributed by atoms with Crippen LogP contribution in [0.15, 0.2) is 37.1 Å². The number of benzene rings is 1. The molecule has 1 N–H and O–H groups in total. The summed E-state index contributed by atoms with van der Waals surface area (Å²) in [6, 6.07) is 6.92. The van der Waals surface area contributed by atoms with Gasteiger partial charge in [0.05, 0.1) is 10.7 Å². The molecule has 0 aliphatic carbocycles. The lowest BCUT2D eigenvalue weighted by Gasteiger charge is -2.47. The van der Waals surface area contributed by atoms with Gasteiger partial charge in [0.2, 0.25) is 5.91 Å². The van der Waals surface area contributed by atoms with E-state index in [2.05, 4.69) is 40.0 Å². The van der Waals surface area contributed by atoms with Gasteiger partial charge in [-0.2, -0.15) is 0 Å². The Morgan fingerprint density at radius 1 is 1.14 bits per heavy atom. The predicted octanol–water partition coefficient (Wildman–Crippen LogP) is 4.84. The molecule has 1 amide bonds. The average molecular weight is 509 g/mol. The molecule has 1 aromatic heterocycles. The number of likely N-dealkylation sites (tertiary alicyclic amines) is 2. The van der Waals surface area contributed by atoms with E-state index in [9.17, 15) is 4.79 Å². The maximum absolute atomic E-state index is 11.9. The Morgan fingerprint density at radius 3 is 2.67 bits per heavy atom. The first-order chi connectivity index (χ1) is 17.6. The minimum absolute atomic E-state index is 0.0419. The van der Waals surface area contributed by atoms with Gasteiger partial charge in [-0.15, -0.1) is 0 Å². The van der Waals surface area contributed by atoms with E-state index in [-0.39, 0.29) is 5.91 Å². The summed E-state index contributed by atoms with van der Waals surface area (Å²) in [4.78, 5) is 21.0. The molecule has 1 aromatic carbocycles. The third kappa shape index (κ3) is 4.49. The van der Waals surface area contributed by atoms with E-state index in [0.717, 1.165) is 82.1 Å². The highest BCUT2D eigenvalue weighted by Gasteiger charge is 2.36. The molecule has 7 nitrogen and oxygen atoms in total. The third-order valence-electron chi connectivity index (χ3n) is 8.28. The zero-order chi connectivity index (χ0) is 24.6. The second kappa shape index (κ2) is 10.0. The van der Waals surface area contributed by atoms with E-state index in [1.165, 1.54) is 17.2 Å². The van der Waals surface area contributed by atoms with E-state index >= 15 is 0 Å². The van der Waals surface area contributed by atoms with Crippen LogP contribution in [-0.2, 0) is 16.1 Å². The number of nitrogens with one attached hydrogen (secondary N) is 1. The summed E-state index contributed by atoms with van der Waals surface area (Å²) in [5, 5.41) is 4.19. The van der Waals surface area contributed by atoms with E-state index < -0.39 is 0 Å². The van der Waals surface area contributed by atoms with Gasteiger partial charge in [0.25, 0.3) is 0 Å². The van der Waals surface area contributed by atoms with E-state index in [0.29, 0.717) is 35.3 Å². The number of fused-ring (bicyclic) bond motifs is 2. The Labute approximate surface area is 217 Å². The Hall–Kier alpha value is -2.61. The van der Waals surface area contributed by atoms with Crippen LogP contribution in [0.4, 0.5) is 11.5 Å². The summed E-state index contributed by atoms with van der Waals surface area (Å²) in [7, 11) is 0. The van der Waals surface area contributed by atoms with Crippen LogP contribution in [0.25, 0.3) is 0 Å². The summed E-state index contributed by atoms with van der Waals surface area (Å²) < 4.78 is 11.8. The number of anilines is 2. The lowest BCUT2D eigenvalue weighted by atomic mass is 9.87. The fourth-order valence-corrected chi connectivity index (χ4v) is 6.40. The zero-order valence-corrected chi connectivity index (χ0v) is 21.3. The number of pyridine rings is 1. The summed E-state index contributed by atoms with van der Waals surface area (Å²) in [5.74, 6) is 2.51. The van der Waals surface area contributed by atoms with E-state index in [1.54, 1.807) is 0 Å². The number of carbonyl (C=O) groups is 1. The maximum atomic E-state index is 11.9. The monoisotopic (exact) mass is 508 g/mol. The van der Waals surface area contributed by atoms with Crippen LogP contribution in [0.3, 0.4) is 0 Å². The molecule has 0 spiro atoms. The number of amides is 1. The number of piperidine rings is 1. The fraction of sp³-hybridized carbons (Fsp3) is 0.500. The number of halogens is 1. The molecule has 6 rings (SSSR count). The first kappa shape index (κ1) is 23.8. The Morgan fingerprint density at radius 2 is 1.92 bits per heavy atom. The number of nitrogens with zero attached hydrogens (tertiary/aromatic N) is 3. The van der Waals surface area contributed by atoms with Crippen molar-refractivity contribution in [3.63, 3.8) is 0 Å². The highest BCUT2D eigenvalue weighted by atomic mass is 35.5. The van der Waals surface area contributed by atoms with Gasteiger partial charge in [0.1, 0.15) is 12.4 Å². The molecule has 4 aliphatic rings. The quantitative estimate of drug-likeness (QED) is 0.596. The van der Waals surface area contributed by atoms with Gasteiger partial charge in [0, 0.05) is 63.1 Å². The molecule has 36 heavy (non-hydrogen) atoms. The normalized spacial score (nSPS) is 21.4. The van der Waals surface area contributed by atoms with Gasteiger partial charge < -0.3 is 19.7 Å². The zero-order valence-electron chi connectivity index (χ0n) is 20.5. The number of rotatable bonds is 4. The number of aromatic nitrogens is 1. The van der Waals surface area contributed by atoms with Gasteiger partial charge in [-0.05, 0) is 67.0 Å². The maximum Gasteiger partial charge on any atom is 0.245 e. The molecule has 4 aliphatic heterocycles. The molecule has 8 heteroatoms. The lowest BCUT2D eigenvalue weighted by molar-refractivity contribution is -0.127. The van der Waals surface area contributed by atoms with Crippen LogP contribution in [-0.4, -0.2) is 66.1 Å². The van der Waals surface area contributed by atoms with Crippen molar-refractivity contribution in [2.45, 2.75) is 50.2 Å². The molecular formula is C28H33ClN4O3. The smallest absolute Gasteiger partial charge is 0.245 e. The second-order valence-corrected chi connectivity index (χ2v) is 10.7. The molecule has 0 bridgehead atoms. The highest BCUT2D eigenvalue weighted by molar-refractivity contribution is 6.32. The predicted molar refractivity (Wildman–Crippen MR) is 140 cm³/mol. The summed E-state index contributed by atoms with van der Waals surface area (Å²) in [6.07, 6.45) is 7.39. The molecule has 0 unspecified atom stereocenters.